The van der Waals surface area contributed by atoms with Crippen molar-refractivity contribution in [1.29, 1.82) is 0 Å². The van der Waals surface area contributed by atoms with Crippen LogP contribution in [0.15, 0.2) is 28.9 Å². The van der Waals surface area contributed by atoms with E-state index in [0.29, 0.717) is 4.47 Å². The van der Waals surface area contributed by atoms with E-state index in [0.717, 1.165) is 37.2 Å². The highest BCUT2D eigenvalue weighted by Gasteiger charge is 2.19. The maximum atomic E-state index is 13.5. The Kier molecular flexibility index (Phi) is 5.87. The highest BCUT2D eigenvalue weighted by Crippen LogP contribution is 2.26. The lowest BCUT2D eigenvalue weighted by Gasteiger charge is -2.20. The number of nitrogens with one attached hydrogen (secondary N) is 1. The van der Waals surface area contributed by atoms with Crippen LogP contribution in [0.25, 0.3) is 0 Å². The van der Waals surface area contributed by atoms with Crippen molar-refractivity contribution in [2.24, 2.45) is 0 Å². The first kappa shape index (κ1) is 16.1. The molecular formula is C15H20BrFN4. The lowest BCUT2D eigenvalue weighted by molar-refractivity contribution is 0.503. The number of halogens is 2. The summed E-state index contributed by atoms with van der Waals surface area (Å²) in [6.07, 6.45) is 3.79. The Bertz CT molecular complexity index is 585. The summed E-state index contributed by atoms with van der Waals surface area (Å²) < 4.78 is 15.8. The van der Waals surface area contributed by atoms with Crippen molar-refractivity contribution in [3.63, 3.8) is 0 Å². The molecule has 0 fully saturated rings. The molecule has 0 saturated heterocycles. The maximum Gasteiger partial charge on any atom is 0.137 e. The quantitative estimate of drug-likeness (QED) is 0.824. The van der Waals surface area contributed by atoms with Crippen LogP contribution in [-0.2, 0) is 6.54 Å². The summed E-state index contributed by atoms with van der Waals surface area (Å²) in [5.74, 6) is -0.256. The van der Waals surface area contributed by atoms with Gasteiger partial charge in [0.2, 0.25) is 0 Å². The molecule has 2 aromatic rings. The van der Waals surface area contributed by atoms with Crippen LogP contribution in [0.2, 0.25) is 0 Å². The van der Waals surface area contributed by atoms with Crippen LogP contribution >= 0.6 is 15.9 Å². The molecule has 0 aliphatic carbocycles. The molecule has 1 aromatic heterocycles. The minimum atomic E-state index is -0.256. The average molecular weight is 355 g/mol. The lowest BCUT2D eigenvalue weighted by atomic mass is 10.0. The van der Waals surface area contributed by atoms with E-state index >= 15 is 0 Å². The number of aryl methyl sites for hydroxylation is 1. The zero-order valence-corrected chi connectivity index (χ0v) is 13.9. The Labute approximate surface area is 132 Å². The summed E-state index contributed by atoms with van der Waals surface area (Å²) in [4.78, 5) is 0. The van der Waals surface area contributed by atoms with E-state index in [1.807, 2.05) is 10.7 Å². The van der Waals surface area contributed by atoms with Gasteiger partial charge in [-0.05, 0) is 53.0 Å². The van der Waals surface area contributed by atoms with E-state index in [1.165, 1.54) is 6.07 Å². The third kappa shape index (κ3) is 3.89. The molecule has 0 spiro atoms. The van der Waals surface area contributed by atoms with Crippen LogP contribution in [0.1, 0.15) is 44.0 Å². The van der Waals surface area contributed by atoms with Crippen LogP contribution in [-0.4, -0.2) is 21.5 Å². The topological polar surface area (TPSA) is 42.7 Å². The van der Waals surface area contributed by atoms with Gasteiger partial charge in [0.15, 0.2) is 0 Å². The van der Waals surface area contributed by atoms with Crippen molar-refractivity contribution in [2.75, 3.05) is 6.54 Å². The number of benzene rings is 1. The largest absolute Gasteiger partial charge is 0.305 e. The zero-order chi connectivity index (χ0) is 15.2. The van der Waals surface area contributed by atoms with Crippen molar-refractivity contribution in [3.8, 4) is 0 Å². The number of rotatable bonds is 7. The van der Waals surface area contributed by atoms with E-state index in [9.17, 15) is 4.39 Å². The summed E-state index contributed by atoms with van der Waals surface area (Å²) in [5, 5.41) is 11.7. The fourth-order valence-electron chi connectivity index (χ4n) is 2.25. The third-order valence-electron chi connectivity index (χ3n) is 3.25. The van der Waals surface area contributed by atoms with Crippen LogP contribution < -0.4 is 5.32 Å². The van der Waals surface area contributed by atoms with E-state index < -0.39 is 0 Å². The number of hydrogen-bond acceptors (Lipinski definition) is 3. The van der Waals surface area contributed by atoms with Crippen molar-refractivity contribution >= 4 is 15.9 Å². The molecule has 6 heteroatoms. The van der Waals surface area contributed by atoms with Crippen molar-refractivity contribution in [1.82, 2.24) is 20.3 Å². The number of nitrogens with zero attached hydrogens (tertiary/aromatic N) is 3. The van der Waals surface area contributed by atoms with Gasteiger partial charge in [-0.2, -0.15) is 0 Å². The first-order chi connectivity index (χ1) is 10.2. The first-order valence-electron chi connectivity index (χ1n) is 7.24. The second-order valence-corrected chi connectivity index (χ2v) is 5.80. The molecule has 21 heavy (non-hydrogen) atoms. The minimum Gasteiger partial charge on any atom is -0.305 e. The molecule has 114 valence electrons. The van der Waals surface area contributed by atoms with Gasteiger partial charge in [0.1, 0.15) is 5.82 Å². The fraction of sp³-hybridized carbons (Fsp3) is 0.467. The second kappa shape index (κ2) is 7.66. The molecule has 0 aliphatic rings. The molecule has 1 N–H and O–H groups in total. The van der Waals surface area contributed by atoms with E-state index in [2.05, 4.69) is 45.4 Å². The standard InChI is InChI=1S/C15H20BrFN4/c1-3-7-18-15(11-5-6-13(17)12(16)9-11)14-10-19-20-21(14)8-4-2/h5-6,9-10,15,18H,3-4,7-8H2,1-2H3. The monoisotopic (exact) mass is 354 g/mol. The molecule has 1 unspecified atom stereocenters. The Balaban J connectivity index is 2.37. The highest BCUT2D eigenvalue weighted by molar-refractivity contribution is 9.10. The molecule has 0 radical (unpaired) electrons. The molecule has 2 rings (SSSR count). The second-order valence-electron chi connectivity index (χ2n) is 4.94. The van der Waals surface area contributed by atoms with E-state index in [1.54, 1.807) is 12.3 Å². The van der Waals surface area contributed by atoms with Gasteiger partial charge < -0.3 is 5.32 Å². The predicted octanol–water partition coefficient (Wildman–Crippen LogP) is 3.68. The van der Waals surface area contributed by atoms with Gasteiger partial charge >= 0.3 is 0 Å². The molecule has 0 amide bonds. The average Bonchev–Trinajstić information content (AvgIpc) is 2.92. The zero-order valence-electron chi connectivity index (χ0n) is 12.3. The van der Waals surface area contributed by atoms with Gasteiger partial charge in [-0.1, -0.05) is 25.1 Å². The minimum absolute atomic E-state index is 0.0385. The van der Waals surface area contributed by atoms with Crippen molar-refractivity contribution < 1.29 is 4.39 Å². The summed E-state index contributed by atoms with van der Waals surface area (Å²) in [7, 11) is 0. The summed E-state index contributed by atoms with van der Waals surface area (Å²) >= 11 is 3.25. The summed E-state index contributed by atoms with van der Waals surface area (Å²) in [6.45, 7) is 5.92. The molecule has 1 heterocycles. The van der Waals surface area contributed by atoms with Gasteiger partial charge in [-0.15, -0.1) is 5.10 Å². The third-order valence-corrected chi connectivity index (χ3v) is 3.86. The fourth-order valence-corrected chi connectivity index (χ4v) is 2.65. The predicted molar refractivity (Wildman–Crippen MR) is 84.5 cm³/mol. The SMILES string of the molecule is CCCNC(c1ccc(F)c(Br)c1)c1cnnn1CCC. The van der Waals surface area contributed by atoms with Crippen LogP contribution in [0.4, 0.5) is 4.39 Å². The molecule has 1 aromatic carbocycles. The van der Waals surface area contributed by atoms with Crippen LogP contribution in [0, 0.1) is 5.82 Å². The van der Waals surface area contributed by atoms with E-state index in [4.69, 9.17) is 0 Å². The molecule has 0 bridgehead atoms. The number of aromatic nitrogens is 3. The van der Waals surface area contributed by atoms with Gasteiger partial charge in [0.05, 0.1) is 22.4 Å². The normalized spacial score (nSPS) is 12.6. The molecule has 1 atom stereocenters. The van der Waals surface area contributed by atoms with Crippen LogP contribution in [0.3, 0.4) is 0 Å². The summed E-state index contributed by atoms with van der Waals surface area (Å²) in [5.41, 5.74) is 2.00. The molecule has 0 saturated carbocycles. The Hall–Kier alpha value is -1.27. The smallest absolute Gasteiger partial charge is 0.137 e. The Morgan fingerprint density at radius 3 is 2.81 bits per heavy atom. The van der Waals surface area contributed by atoms with Crippen LogP contribution in [0.5, 0.6) is 0 Å². The maximum absolute atomic E-state index is 13.5. The van der Waals surface area contributed by atoms with E-state index in [-0.39, 0.29) is 11.9 Å². The van der Waals surface area contributed by atoms with Gasteiger partial charge in [-0.3, -0.25) is 0 Å². The first-order valence-corrected chi connectivity index (χ1v) is 8.03. The summed E-state index contributed by atoms with van der Waals surface area (Å²) in [6, 6.07) is 5.06. The molecular weight excluding hydrogens is 335 g/mol. The van der Waals surface area contributed by atoms with Gasteiger partial charge in [-0.25, -0.2) is 9.07 Å². The Morgan fingerprint density at radius 1 is 1.33 bits per heavy atom. The molecule has 4 nitrogen and oxygen atoms in total. The van der Waals surface area contributed by atoms with Crippen molar-refractivity contribution in [3.05, 3.63) is 45.9 Å². The highest BCUT2D eigenvalue weighted by atomic mass is 79.9. The lowest BCUT2D eigenvalue weighted by Crippen LogP contribution is -2.26. The van der Waals surface area contributed by atoms with Gasteiger partial charge in [0.25, 0.3) is 0 Å². The molecule has 0 aliphatic heterocycles. The number of hydrogen-bond donors (Lipinski definition) is 1. The van der Waals surface area contributed by atoms with Gasteiger partial charge in [0, 0.05) is 6.54 Å². The Morgan fingerprint density at radius 2 is 2.14 bits per heavy atom. The van der Waals surface area contributed by atoms with Crippen molar-refractivity contribution in [2.45, 2.75) is 39.3 Å².